The molecule has 76 valence electrons. The molecule has 4 atom stereocenters. The summed E-state index contributed by atoms with van der Waals surface area (Å²) in [7, 11) is 0. The largest absolute Gasteiger partial charge is 0.396 e. The third kappa shape index (κ3) is 0.695. The highest BCUT2D eigenvalue weighted by atomic mass is 16.3. The molecule has 0 aromatic rings. The summed E-state index contributed by atoms with van der Waals surface area (Å²) in [5.41, 5.74) is 4.37. The highest BCUT2D eigenvalue weighted by Crippen LogP contribution is 2.84. The molecule has 0 amide bonds. The van der Waals surface area contributed by atoms with Crippen LogP contribution in [0.1, 0.15) is 25.7 Å². The lowest BCUT2D eigenvalue weighted by Gasteiger charge is -1.87. The van der Waals surface area contributed by atoms with Crippen LogP contribution in [0.15, 0.2) is 11.1 Å². The van der Waals surface area contributed by atoms with E-state index in [0.717, 1.165) is 0 Å². The van der Waals surface area contributed by atoms with Crippen molar-refractivity contribution in [2.45, 2.75) is 25.7 Å². The van der Waals surface area contributed by atoms with Crippen LogP contribution < -0.4 is 0 Å². The summed E-state index contributed by atoms with van der Waals surface area (Å²) in [6.07, 6.45) is 5.02. The molecule has 14 heavy (non-hydrogen) atoms. The van der Waals surface area contributed by atoms with E-state index in [-0.39, 0.29) is 0 Å². The van der Waals surface area contributed by atoms with E-state index in [1.165, 1.54) is 25.7 Å². The van der Waals surface area contributed by atoms with Gasteiger partial charge in [0.05, 0.1) is 0 Å². The van der Waals surface area contributed by atoms with Gasteiger partial charge in [-0.3, -0.25) is 0 Å². The predicted molar refractivity (Wildman–Crippen MR) is 51.5 cm³/mol. The Bertz CT molecular complexity index is 325. The van der Waals surface area contributed by atoms with Gasteiger partial charge in [0.15, 0.2) is 0 Å². The summed E-state index contributed by atoms with van der Waals surface area (Å²) < 4.78 is 0. The maximum atomic E-state index is 9.08. The summed E-state index contributed by atoms with van der Waals surface area (Å²) >= 11 is 0. The quantitative estimate of drug-likeness (QED) is 0.643. The van der Waals surface area contributed by atoms with E-state index in [1.54, 1.807) is 11.1 Å². The number of aliphatic hydroxyl groups is 2. The molecule has 0 aliphatic heterocycles. The Balaban J connectivity index is 1.56. The van der Waals surface area contributed by atoms with Crippen LogP contribution in [0.2, 0.25) is 0 Å². The normalized spacial score (nSPS) is 62.1. The van der Waals surface area contributed by atoms with E-state index in [4.69, 9.17) is 10.2 Å². The van der Waals surface area contributed by atoms with Gasteiger partial charge >= 0.3 is 0 Å². The third-order valence-electron chi connectivity index (χ3n) is 5.21. The van der Waals surface area contributed by atoms with E-state index < -0.39 is 0 Å². The summed E-state index contributed by atoms with van der Waals surface area (Å²) in [4.78, 5) is 0. The van der Waals surface area contributed by atoms with Crippen LogP contribution in [0.3, 0.4) is 0 Å². The molecule has 4 rings (SSSR count). The third-order valence-corrected chi connectivity index (χ3v) is 5.21. The van der Waals surface area contributed by atoms with Gasteiger partial charge in [0.1, 0.15) is 0 Å². The SMILES string of the molecule is OC[C@@H]1C[C@]12C/C2=C1\C[C@]12C[C@H]2CO. The minimum Gasteiger partial charge on any atom is -0.396 e. The molecular formula is C12H16O2. The van der Waals surface area contributed by atoms with Gasteiger partial charge < -0.3 is 10.2 Å². The first-order chi connectivity index (χ1) is 6.77. The molecule has 4 aliphatic rings. The first kappa shape index (κ1) is 7.89. The molecule has 0 heterocycles. The number of hydrogen-bond acceptors (Lipinski definition) is 2. The first-order valence-electron chi connectivity index (χ1n) is 5.71. The molecule has 2 heteroatoms. The number of allylic oxidation sites excluding steroid dienone is 2. The smallest absolute Gasteiger partial charge is 0.0468 e. The minimum atomic E-state index is 0.382. The lowest BCUT2D eigenvalue weighted by atomic mass is 10.2. The Morgan fingerprint density at radius 1 is 0.929 bits per heavy atom. The topological polar surface area (TPSA) is 40.5 Å². The molecular weight excluding hydrogens is 176 g/mol. The number of aliphatic hydroxyl groups excluding tert-OH is 2. The van der Waals surface area contributed by atoms with Crippen molar-refractivity contribution in [2.24, 2.45) is 22.7 Å². The highest BCUT2D eigenvalue weighted by Gasteiger charge is 2.75. The fraction of sp³-hybridized carbons (Fsp3) is 0.833. The van der Waals surface area contributed by atoms with Crippen molar-refractivity contribution >= 4 is 0 Å². The standard InChI is InChI=1S/C12H16O2/c13-5-7-1-11(7)3-9(11)10-4-12(10)2-8(12)6-14/h7-8,13-14H,1-6H2/b10-9-/t7-,8-,11-,12-/m0/s1. The zero-order chi connectivity index (χ0) is 9.55. The van der Waals surface area contributed by atoms with Crippen LogP contribution in [-0.4, -0.2) is 23.4 Å². The van der Waals surface area contributed by atoms with Crippen LogP contribution in [-0.2, 0) is 0 Å². The summed E-state index contributed by atoms with van der Waals surface area (Å²) in [5.74, 6) is 1.18. The van der Waals surface area contributed by atoms with Crippen LogP contribution in [0.4, 0.5) is 0 Å². The average molecular weight is 192 g/mol. The van der Waals surface area contributed by atoms with E-state index in [2.05, 4.69) is 0 Å². The molecule has 0 radical (unpaired) electrons. The van der Waals surface area contributed by atoms with Crippen molar-refractivity contribution < 1.29 is 10.2 Å². The highest BCUT2D eigenvalue weighted by molar-refractivity contribution is 5.56. The molecule has 0 unspecified atom stereocenters. The zero-order valence-electron chi connectivity index (χ0n) is 8.29. The van der Waals surface area contributed by atoms with Gasteiger partial charge in [-0.25, -0.2) is 0 Å². The Morgan fingerprint density at radius 3 is 1.64 bits per heavy atom. The van der Waals surface area contributed by atoms with Crippen molar-refractivity contribution in [1.29, 1.82) is 0 Å². The summed E-state index contributed by atoms with van der Waals surface area (Å²) in [6, 6.07) is 0. The lowest BCUT2D eigenvalue weighted by Crippen LogP contribution is -1.88. The molecule has 4 aliphatic carbocycles. The van der Waals surface area contributed by atoms with Crippen LogP contribution in [0.5, 0.6) is 0 Å². The van der Waals surface area contributed by atoms with E-state index in [9.17, 15) is 0 Å². The van der Waals surface area contributed by atoms with Gasteiger partial charge in [-0.1, -0.05) is 11.1 Å². The molecule has 0 aromatic heterocycles. The van der Waals surface area contributed by atoms with Gasteiger partial charge in [-0.2, -0.15) is 0 Å². The molecule has 4 saturated carbocycles. The van der Waals surface area contributed by atoms with E-state index in [0.29, 0.717) is 35.9 Å². The van der Waals surface area contributed by atoms with E-state index in [1.807, 2.05) is 0 Å². The van der Waals surface area contributed by atoms with Crippen molar-refractivity contribution in [3.63, 3.8) is 0 Å². The van der Waals surface area contributed by atoms with Gasteiger partial charge in [0.2, 0.25) is 0 Å². The average Bonchev–Trinajstić information content (AvgIpc) is 3.09. The Kier molecular flexibility index (Phi) is 1.10. The van der Waals surface area contributed by atoms with Crippen molar-refractivity contribution in [2.75, 3.05) is 13.2 Å². The molecule has 0 bridgehead atoms. The molecule has 2 spiro atoms. The Hall–Kier alpha value is -0.340. The second-order valence-electron chi connectivity index (χ2n) is 5.79. The maximum Gasteiger partial charge on any atom is 0.0468 e. The Labute approximate surface area is 83.6 Å². The molecule has 0 aromatic carbocycles. The van der Waals surface area contributed by atoms with Gasteiger partial charge in [-0.05, 0) is 37.5 Å². The predicted octanol–water partition coefficient (Wildman–Crippen LogP) is 1.09. The second kappa shape index (κ2) is 1.96. The van der Waals surface area contributed by atoms with Crippen LogP contribution >= 0.6 is 0 Å². The monoisotopic (exact) mass is 192 g/mol. The number of hydrogen-bond donors (Lipinski definition) is 2. The van der Waals surface area contributed by atoms with Crippen LogP contribution in [0, 0.1) is 22.7 Å². The molecule has 0 saturated heterocycles. The van der Waals surface area contributed by atoms with Crippen molar-refractivity contribution in [3.8, 4) is 0 Å². The van der Waals surface area contributed by atoms with Crippen LogP contribution in [0.25, 0.3) is 0 Å². The molecule has 2 N–H and O–H groups in total. The summed E-state index contributed by atoms with van der Waals surface area (Å²) in [5, 5.41) is 18.2. The lowest BCUT2D eigenvalue weighted by molar-refractivity contribution is 0.267. The van der Waals surface area contributed by atoms with Gasteiger partial charge in [0, 0.05) is 24.0 Å². The molecule has 2 nitrogen and oxygen atoms in total. The number of rotatable bonds is 2. The van der Waals surface area contributed by atoms with E-state index >= 15 is 0 Å². The van der Waals surface area contributed by atoms with Gasteiger partial charge in [0.25, 0.3) is 0 Å². The van der Waals surface area contributed by atoms with Crippen molar-refractivity contribution in [3.05, 3.63) is 11.1 Å². The fourth-order valence-electron chi connectivity index (χ4n) is 3.77. The van der Waals surface area contributed by atoms with Gasteiger partial charge in [-0.15, -0.1) is 0 Å². The zero-order valence-corrected chi connectivity index (χ0v) is 8.29. The maximum absolute atomic E-state index is 9.08. The summed E-state index contributed by atoms with van der Waals surface area (Å²) in [6.45, 7) is 0.764. The fourth-order valence-corrected chi connectivity index (χ4v) is 3.77. The second-order valence-corrected chi connectivity index (χ2v) is 5.79. The minimum absolute atomic E-state index is 0.382. The first-order valence-corrected chi connectivity index (χ1v) is 5.71. The van der Waals surface area contributed by atoms with Crippen molar-refractivity contribution in [1.82, 2.24) is 0 Å². The molecule has 4 fully saturated rings. The Morgan fingerprint density at radius 2 is 1.36 bits per heavy atom.